The SMILES string of the molecule is CC(=O)NC[C@H]1CN(c2ccc(N3CCC4(OCCO4)C(F)C3)cc2)C(=O)O1. The van der Waals surface area contributed by atoms with Gasteiger partial charge >= 0.3 is 6.09 Å². The minimum Gasteiger partial charge on any atom is -0.442 e. The largest absolute Gasteiger partial charge is 0.442 e. The number of ether oxygens (including phenoxy) is 3. The molecule has 3 aliphatic heterocycles. The summed E-state index contributed by atoms with van der Waals surface area (Å²) in [7, 11) is 0. The fourth-order valence-electron chi connectivity index (χ4n) is 3.84. The van der Waals surface area contributed by atoms with E-state index >= 15 is 0 Å². The van der Waals surface area contributed by atoms with Crippen molar-refractivity contribution in [3.63, 3.8) is 0 Å². The molecule has 1 aromatic carbocycles. The van der Waals surface area contributed by atoms with E-state index in [0.29, 0.717) is 38.4 Å². The van der Waals surface area contributed by atoms with Gasteiger partial charge in [0.25, 0.3) is 0 Å². The molecule has 0 radical (unpaired) electrons. The predicted molar refractivity (Wildman–Crippen MR) is 99.1 cm³/mol. The van der Waals surface area contributed by atoms with Gasteiger partial charge in [0, 0.05) is 31.3 Å². The van der Waals surface area contributed by atoms with Crippen LogP contribution in [-0.4, -0.2) is 69.5 Å². The summed E-state index contributed by atoms with van der Waals surface area (Å²) in [6.45, 7) is 3.77. The molecule has 9 heteroatoms. The Kier molecular flexibility index (Phi) is 5.11. The molecule has 0 aliphatic carbocycles. The number of benzene rings is 1. The number of hydrogen-bond donors (Lipinski definition) is 1. The summed E-state index contributed by atoms with van der Waals surface area (Å²) >= 11 is 0. The van der Waals surface area contributed by atoms with Gasteiger partial charge in [0.05, 0.1) is 32.8 Å². The second-order valence-electron chi connectivity index (χ2n) is 7.24. The Morgan fingerprint density at radius 3 is 2.54 bits per heavy atom. The zero-order chi connectivity index (χ0) is 19.7. The number of alkyl halides is 1. The van der Waals surface area contributed by atoms with Crippen molar-refractivity contribution in [1.82, 2.24) is 5.32 Å². The third-order valence-electron chi connectivity index (χ3n) is 5.34. The van der Waals surface area contributed by atoms with Crippen LogP contribution < -0.4 is 15.1 Å². The van der Waals surface area contributed by atoms with Crippen LogP contribution >= 0.6 is 0 Å². The number of cyclic esters (lactones) is 1. The molecule has 3 fully saturated rings. The van der Waals surface area contributed by atoms with Crippen LogP contribution in [0.1, 0.15) is 13.3 Å². The molecule has 2 atom stereocenters. The second kappa shape index (κ2) is 7.56. The van der Waals surface area contributed by atoms with E-state index in [1.165, 1.54) is 11.8 Å². The molecule has 4 rings (SSSR count). The smallest absolute Gasteiger partial charge is 0.414 e. The molecule has 0 bridgehead atoms. The van der Waals surface area contributed by atoms with Gasteiger partial charge < -0.3 is 24.4 Å². The van der Waals surface area contributed by atoms with Gasteiger partial charge in [-0.25, -0.2) is 9.18 Å². The summed E-state index contributed by atoms with van der Waals surface area (Å²) in [5.41, 5.74) is 1.58. The van der Waals surface area contributed by atoms with Crippen LogP contribution in [0.3, 0.4) is 0 Å². The zero-order valence-electron chi connectivity index (χ0n) is 15.7. The van der Waals surface area contributed by atoms with Crippen LogP contribution in [0.15, 0.2) is 24.3 Å². The zero-order valence-corrected chi connectivity index (χ0v) is 15.7. The Balaban J connectivity index is 1.38. The van der Waals surface area contributed by atoms with E-state index in [0.717, 1.165) is 5.69 Å². The van der Waals surface area contributed by atoms with E-state index < -0.39 is 18.1 Å². The number of nitrogens with one attached hydrogen (secondary N) is 1. The van der Waals surface area contributed by atoms with Crippen molar-refractivity contribution < 1.29 is 28.2 Å². The molecule has 28 heavy (non-hydrogen) atoms. The van der Waals surface area contributed by atoms with Crippen LogP contribution in [0.4, 0.5) is 20.6 Å². The lowest BCUT2D eigenvalue weighted by Gasteiger charge is -2.41. The van der Waals surface area contributed by atoms with Crippen molar-refractivity contribution in [2.75, 3.05) is 49.2 Å². The molecule has 152 valence electrons. The number of rotatable bonds is 4. The molecule has 0 saturated carbocycles. The molecule has 1 N–H and O–H groups in total. The normalized spacial score (nSPS) is 26.6. The highest BCUT2D eigenvalue weighted by Gasteiger charge is 2.48. The molecule has 8 nitrogen and oxygen atoms in total. The Labute approximate surface area is 162 Å². The Bertz CT molecular complexity index is 738. The van der Waals surface area contributed by atoms with E-state index in [9.17, 15) is 14.0 Å². The van der Waals surface area contributed by atoms with Crippen molar-refractivity contribution in [1.29, 1.82) is 0 Å². The third-order valence-corrected chi connectivity index (χ3v) is 5.34. The van der Waals surface area contributed by atoms with Crippen molar-refractivity contribution in [2.24, 2.45) is 0 Å². The minimum atomic E-state index is -1.22. The standard InChI is InChI=1S/C19H24FN3O5/c1-13(24)21-10-16-11-23(18(25)28-16)15-4-2-14(3-5-15)22-7-6-19(17(20)12-22)26-8-9-27-19/h2-5,16-17H,6-12H2,1H3,(H,21,24)/t16-,17?/m0/s1. The predicted octanol–water partition coefficient (Wildman–Crippen LogP) is 1.44. The molecule has 2 amide bonds. The van der Waals surface area contributed by atoms with E-state index in [4.69, 9.17) is 14.2 Å². The average Bonchev–Trinajstić information content (AvgIpc) is 3.30. The van der Waals surface area contributed by atoms with E-state index in [1.807, 2.05) is 29.2 Å². The summed E-state index contributed by atoms with van der Waals surface area (Å²) in [4.78, 5) is 26.6. The Morgan fingerprint density at radius 2 is 1.89 bits per heavy atom. The fourth-order valence-corrected chi connectivity index (χ4v) is 3.84. The van der Waals surface area contributed by atoms with Crippen LogP contribution in [-0.2, 0) is 19.0 Å². The number of halogens is 1. The number of amides is 2. The van der Waals surface area contributed by atoms with Gasteiger partial charge in [0.1, 0.15) is 6.10 Å². The lowest BCUT2D eigenvalue weighted by atomic mass is 10.0. The maximum Gasteiger partial charge on any atom is 0.414 e. The van der Waals surface area contributed by atoms with Crippen molar-refractivity contribution in [3.05, 3.63) is 24.3 Å². The first-order chi connectivity index (χ1) is 13.5. The van der Waals surface area contributed by atoms with E-state index in [-0.39, 0.29) is 25.1 Å². The summed E-state index contributed by atoms with van der Waals surface area (Å²) < 4.78 is 30.9. The third kappa shape index (κ3) is 3.64. The lowest BCUT2D eigenvalue weighted by Crippen LogP contribution is -2.54. The van der Waals surface area contributed by atoms with Crippen LogP contribution in [0.2, 0.25) is 0 Å². The molecule has 3 heterocycles. The van der Waals surface area contributed by atoms with Gasteiger partial charge in [0.15, 0.2) is 6.17 Å². The topological polar surface area (TPSA) is 80.3 Å². The number of hydrogen-bond acceptors (Lipinski definition) is 6. The average molecular weight is 393 g/mol. The Morgan fingerprint density at radius 1 is 1.21 bits per heavy atom. The highest BCUT2D eigenvalue weighted by Crippen LogP contribution is 2.36. The number of carbonyl (C=O) groups excluding carboxylic acids is 2. The number of carbonyl (C=O) groups is 2. The highest BCUT2D eigenvalue weighted by atomic mass is 19.1. The summed E-state index contributed by atoms with van der Waals surface area (Å²) in [6, 6.07) is 7.37. The van der Waals surface area contributed by atoms with E-state index in [1.54, 1.807) is 0 Å². The second-order valence-corrected chi connectivity index (χ2v) is 7.24. The van der Waals surface area contributed by atoms with Crippen LogP contribution in [0.5, 0.6) is 0 Å². The molecule has 1 aromatic rings. The van der Waals surface area contributed by atoms with Gasteiger partial charge in [-0.15, -0.1) is 0 Å². The van der Waals surface area contributed by atoms with Crippen LogP contribution in [0.25, 0.3) is 0 Å². The van der Waals surface area contributed by atoms with Crippen molar-refractivity contribution in [3.8, 4) is 0 Å². The maximum absolute atomic E-state index is 14.6. The lowest BCUT2D eigenvalue weighted by molar-refractivity contribution is -0.207. The molecule has 3 saturated heterocycles. The Hall–Kier alpha value is -2.39. The summed E-state index contributed by atoms with van der Waals surface area (Å²) in [5.74, 6) is -1.25. The quantitative estimate of drug-likeness (QED) is 0.834. The van der Waals surface area contributed by atoms with Crippen molar-refractivity contribution >= 4 is 23.4 Å². The van der Waals surface area contributed by atoms with Crippen LogP contribution in [0, 0.1) is 0 Å². The van der Waals surface area contributed by atoms with Gasteiger partial charge in [-0.1, -0.05) is 0 Å². The summed E-state index contributed by atoms with van der Waals surface area (Å²) in [5, 5.41) is 2.65. The monoisotopic (exact) mass is 393 g/mol. The van der Waals surface area contributed by atoms with Gasteiger partial charge in [-0.05, 0) is 24.3 Å². The number of piperidine rings is 1. The molecule has 1 unspecified atom stereocenters. The molecule has 1 spiro atoms. The first-order valence-corrected chi connectivity index (χ1v) is 9.46. The molecular formula is C19H24FN3O5. The van der Waals surface area contributed by atoms with Crippen molar-refractivity contribution in [2.45, 2.75) is 31.4 Å². The van der Waals surface area contributed by atoms with E-state index in [2.05, 4.69) is 5.32 Å². The molecule has 0 aromatic heterocycles. The first kappa shape index (κ1) is 18.9. The van der Waals surface area contributed by atoms with Gasteiger partial charge in [-0.3, -0.25) is 9.69 Å². The van der Waals surface area contributed by atoms with Gasteiger partial charge in [0.2, 0.25) is 11.7 Å². The summed E-state index contributed by atoms with van der Waals surface area (Å²) in [6.07, 6.45) is -1.57. The maximum atomic E-state index is 14.6. The van der Waals surface area contributed by atoms with Gasteiger partial charge in [-0.2, -0.15) is 0 Å². The highest BCUT2D eigenvalue weighted by molar-refractivity contribution is 5.90. The fraction of sp³-hybridized carbons (Fsp3) is 0.579. The number of nitrogens with zero attached hydrogens (tertiary/aromatic N) is 2. The minimum absolute atomic E-state index is 0.165. The molecular weight excluding hydrogens is 369 g/mol. The first-order valence-electron chi connectivity index (χ1n) is 9.46. The molecule has 3 aliphatic rings. The number of anilines is 2.